The molecule has 3 aromatic rings. The van der Waals surface area contributed by atoms with Crippen molar-refractivity contribution in [1.82, 2.24) is 19.8 Å². The molecule has 1 fully saturated rings. The van der Waals surface area contributed by atoms with Crippen molar-refractivity contribution in [1.29, 1.82) is 0 Å². The van der Waals surface area contributed by atoms with Crippen LogP contribution in [0.2, 0.25) is 0 Å². The molecule has 26 heavy (non-hydrogen) atoms. The van der Waals surface area contributed by atoms with Crippen molar-refractivity contribution in [3.05, 3.63) is 59.4 Å². The van der Waals surface area contributed by atoms with Gasteiger partial charge in [-0.2, -0.15) is 0 Å². The highest BCUT2D eigenvalue weighted by molar-refractivity contribution is 5.76. The van der Waals surface area contributed by atoms with Gasteiger partial charge >= 0.3 is 0 Å². The van der Waals surface area contributed by atoms with E-state index in [1.807, 2.05) is 18.2 Å². The molecule has 5 heteroatoms. The van der Waals surface area contributed by atoms with Crippen molar-refractivity contribution in [3.8, 4) is 5.75 Å². The number of ether oxygens (including phenoxy) is 1. The summed E-state index contributed by atoms with van der Waals surface area (Å²) in [5.41, 5.74) is 4.76. The van der Waals surface area contributed by atoms with Crippen LogP contribution in [-0.2, 0) is 13.1 Å². The number of hydrogen-bond acceptors (Lipinski definition) is 4. The molecule has 0 unspecified atom stereocenters. The Morgan fingerprint density at radius 1 is 0.962 bits per heavy atom. The lowest BCUT2D eigenvalue weighted by Gasteiger charge is -2.34. The van der Waals surface area contributed by atoms with Crippen molar-refractivity contribution < 1.29 is 4.74 Å². The molecule has 0 amide bonds. The van der Waals surface area contributed by atoms with Gasteiger partial charge in [0.25, 0.3) is 0 Å². The minimum Gasteiger partial charge on any atom is -0.497 e. The summed E-state index contributed by atoms with van der Waals surface area (Å²) in [5.74, 6) is 1.89. The van der Waals surface area contributed by atoms with Gasteiger partial charge in [0, 0.05) is 38.8 Å². The third-order valence-electron chi connectivity index (χ3n) is 5.10. The highest BCUT2D eigenvalue weighted by atomic mass is 16.5. The summed E-state index contributed by atoms with van der Waals surface area (Å²) in [6.45, 7) is 8.40. The summed E-state index contributed by atoms with van der Waals surface area (Å²) in [4.78, 5) is 13.1. The molecule has 0 bridgehead atoms. The Morgan fingerprint density at radius 2 is 1.65 bits per heavy atom. The highest BCUT2D eigenvalue weighted by Gasteiger charge is 2.18. The highest BCUT2D eigenvalue weighted by Crippen LogP contribution is 2.19. The molecule has 136 valence electrons. The molecule has 0 radical (unpaired) electrons. The number of aromatic amines is 1. The molecule has 2 heterocycles. The molecule has 0 spiro atoms. The molecule has 5 nitrogen and oxygen atoms in total. The smallest absolute Gasteiger partial charge is 0.121 e. The number of rotatable bonds is 5. The molecule has 0 aliphatic carbocycles. The second-order valence-electron chi connectivity index (χ2n) is 7.10. The van der Waals surface area contributed by atoms with Gasteiger partial charge in [-0.15, -0.1) is 0 Å². The Labute approximate surface area is 154 Å². The van der Waals surface area contributed by atoms with Gasteiger partial charge in [0.15, 0.2) is 0 Å². The van der Waals surface area contributed by atoms with Gasteiger partial charge in [-0.3, -0.25) is 9.80 Å². The van der Waals surface area contributed by atoms with E-state index in [1.165, 1.54) is 11.1 Å². The number of aryl methyl sites for hydroxylation is 1. The summed E-state index contributed by atoms with van der Waals surface area (Å²) < 4.78 is 5.28. The van der Waals surface area contributed by atoms with Crippen molar-refractivity contribution in [2.75, 3.05) is 33.3 Å². The minimum absolute atomic E-state index is 0.859. The predicted octanol–water partition coefficient (Wildman–Crippen LogP) is 3.20. The number of H-pyrrole nitrogens is 1. The molecular formula is C21H26N4O. The zero-order chi connectivity index (χ0) is 17.9. The summed E-state index contributed by atoms with van der Waals surface area (Å²) in [5, 5.41) is 0. The van der Waals surface area contributed by atoms with Crippen molar-refractivity contribution in [3.63, 3.8) is 0 Å². The fourth-order valence-electron chi connectivity index (χ4n) is 3.51. The second kappa shape index (κ2) is 7.48. The van der Waals surface area contributed by atoms with Crippen molar-refractivity contribution in [2.24, 2.45) is 0 Å². The number of benzene rings is 2. The normalized spacial score (nSPS) is 16.2. The first-order valence-electron chi connectivity index (χ1n) is 9.22. The van der Waals surface area contributed by atoms with Crippen LogP contribution in [0.15, 0.2) is 42.5 Å². The molecule has 1 aromatic heterocycles. The van der Waals surface area contributed by atoms with E-state index in [-0.39, 0.29) is 0 Å². The van der Waals surface area contributed by atoms with Crippen LogP contribution >= 0.6 is 0 Å². The van der Waals surface area contributed by atoms with Gasteiger partial charge in [-0.25, -0.2) is 4.98 Å². The summed E-state index contributed by atoms with van der Waals surface area (Å²) >= 11 is 0. The zero-order valence-corrected chi connectivity index (χ0v) is 15.5. The van der Waals surface area contributed by atoms with Crippen molar-refractivity contribution >= 4 is 11.0 Å². The van der Waals surface area contributed by atoms with Gasteiger partial charge in [-0.1, -0.05) is 29.8 Å². The molecule has 4 rings (SSSR count). The quantitative estimate of drug-likeness (QED) is 0.767. The average Bonchev–Trinajstić information content (AvgIpc) is 3.06. The number of nitrogens with zero attached hydrogens (tertiary/aromatic N) is 3. The molecule has 1 aliphatic rings. The maximum Gasteiger partial charge on any atom is 0.121 e. The lowest BCUT2D eigenvalue weighted by atomic mass is 10.1. The van der Waals surface area contributed by atoms with Crippen LogP contribution < -0.4 is 4.74 Å². The van der Waals surface area contributed by atoms with E-state index in [1.54, 1.807) is 7.11 Å². The lowest BCUT2D eigenvalue weighted by molar-refractivity contribution is 0.120. The standard InChI is InChI=1S/C21H26N4O/c1-16-3-5-17(6-4-16)14-24-9-11-25(12-10-24)15-21-22-19-8-7-18(26-2)13-20(19)23-21/h3-8,13H,9-12,14-15H2,1-2H3,(H,22,23). The van der Waals surface area contributed by atoms with E-state index in [4.69, 9.17) is 9.72 Å². The van der Waals surface area contributed by atoms with Crippen LogP contribution in [0.5, 0.6) is 5.75 Å². The topological polar surface area (TPSA) is 44.4 Å². The number of imidazole rings is 1. The number of piperazine rings is 1. The van der Waals surface area contributed by atoms with E-state index in [9.17, 15) is 0 Å². The van der Waals surface area contributed by atoms with Gasteiger partial charge < -0.3 is 9.72 Å². The Bertz CT molecular complexity index is 863. The Hall–Kier alpha value is -2.37. The largest absolute Gasteiger partial charge is 0.497 e. The number of hydrogen-bond donors (Lipinski definition) is 1. The lowest BCUT2D eigenvalue weighted by Crippen LogP contribution is -2.45. The Morgan fingerprint density at radius 3 is 2.35 bits per heavy atom. The fraction of sp³-hybridized carbons (Fsp3) is 0.381. The van der Waals surface area contributed by atoms with E-state index in [2.05, 4.69) is 46.0 Å². The average molecular weight is 350 g/mol. The molecule has 2 aromatic carbocycles. The van der Waals surface area contributed by atoms with Crippen LogP contribution in [0.3, 0.4) is 0 Å². The van der Waals surface area contributed by atoms with E-state index >= 15 is 0 Å². The number of methoxy groups -OCH3 is 1. The van der Waals surface area contributed by atoms with Crippen LogP contribution in [0.1, 0.15) is 17.0 Å². The first kappa shape index (κ1) is 17.1. The van der Waals surface area contributed by atoms with Crippen LogP contribution in [0.4, 0.5) is 0 Å². The minimum atomic E-state index is 0.859. The molecule has 0 saturated carbocycles. The van der Waals surface area contributed by atoms with Gasteiger partial charge in [0.05, 0.1) is 24.7 Å². The number of aromatic nitrogens is 2. The van der Waals surface area contributed by atoms with Crippen molar-refractivity contribution in [2.45, 2.75) is 20.0 Å². The van der Waals surface area contributed by atoms with E-state index in [0.29, 0.717) is 0 Å². The van der Waals surface area contributed by atoms with Gasteiger partial charge in [0.1, 0.15) is 11.6 Å². The van der Waals surface area contributed by atoms with Gasteiger partial charge in [0.2, 0.25) is 0 Å². The summed E-state index contributed by atoms with van der Waals surface area (Å²) in [6.07, 6.45) is 0. The number of fused-ring (bicyclic) bond motifs is 1. The zero-order valence-electron chi connectivity index (χ0n) is 15.5. The SMILES string of the molecule is COc1ccc2nc(CN3CCN(Cc4ccc(C)cc4)CC3)[nH]c2c1. The summed E-state index contributed by atoms with van der Waals surface area (Å²) in [7, 11) is 1.69. The third-order valence-corrected chi connectivity index (χ3v) is 5.10. The monoisotopic (exact) mass is 350 g/mol. The molecule has 1 saturated heterocycles. The molecule has 0 atom stereocenters. The number of nitrogens with one attached hydrogen (secondary N) is 1. The maximum absolute atomic E-state index is 5.28. The summed E-state index contributed by atoms with van der Waals surface area (Å²) in [6, 6.07) is 14.8. The first-order valence-corrected chi connectivity index (χ1v) is 9.22. The first-order chi connectivity index (χ1) is 12.7. The van der Waals surface area contributed by atoms with E-state index in [0.717, 1.165) is 61.9 Å². The van der Waals surface area contributed by atoms with Crippen LogP contribution in [0.25, 0.3) is 11.0 Å². The van der Waals surface area contributed by atoms with E-state index < -0.39 is 0 Å². The third kappa shape index (κ3) is 3.89. The molecule has 1 aliphatic heterocycles. The maximum atomic E-state index is 5.28. The Balaban J connectivity index is 1.32. The van der Waals surface area contributed by atoms with Crippen LogP contribution in [0, 0.1) is 6.92 Å². The Kier molecular flexibility index (Phi) is 4.91. The molecule has 1 N–H and O–H groups in total. The second-order valence-corrected chi connectivity index (χ2v) is 7.10. The fourth-order valence-corrected chi connectivity index (χ4v) is 3.51. The van der Waals surface area contributed by atoms with Crippen LogP contribution in [-0.4, -0.2) is 53.1 Å². The predicted molar refractivity (Wildman–Crippen MR) is 104 cm³/mol. The molecular weight excluding hydrogens is 324 g/mol. The van der Waals surface area contributed by atoms with Gasteiger partial charge in [-0.05, 0) is 24.6 Å².